The van der Waals surface area contributed by atoms with E-state index < -0.39 is 17.5 Å². The molecule has 0 saturated carbocycles. The van der Waals surface area contributed by atoms with Gasteiger partial charge in [-0.15, -0.1) is 0 Å². The molecule has 3 aromatic heterocycles. The van der Waals surface area contributed by atoms with Crippen LogP contribution in [0.5, 0.6) is 0 Å². The second-order valence-electron chi connectivity index (χ2n) is 9.08. The fraction of sp³-hybridized carbons (Fsp3) is 0.455. The monoisotopic (exact) mass is 484 g/mol. The molecule has 13 heteroatoms. The van der Waals surface area contributed by atoms with Crippen molar-refractivity contribution >= 4 is 35.1 Å². The van der Waals surface area contributed by atoms with Crippen LogP contribution in [-0.2, 0) is 16.5 Å². The van der Waals surface area contributed by atoms with Crippen molar-refractivity contribution in [2.45, 2.75) is 26.4 Å². The number of hydrogen-bond acceptors (Lipinski definition) is 9. The molecule has 0 unspecified atom stereocenters. The lowest BCUT2D eigenvalue weighted by atomic mass is 10.2. The van der Waals surface area contributed by atoms with Crippen molar-refractivity contribution in [3.05, 3.63) is 35.9 Å². The van der Waals surface area contributed by atoms with Gasteiger partial charge in [0.05, 0.1) is 19.0 Å². The van der Waals surface area contributed by atoms with Gasteiger partial charge in [-0.25, -0.2) is 19.1 Å². The van der Waals surface area contributed by atoms with Crippen LogP contribution in [0.3, 0.4) is 0 Å². The lowest BCUT2D eigenvalue weighted by Crippen LogP contribution is -2.50. The van der Waals surface area contributed by atoms with Crippen LogP contribution >= 0.6 is 0 Å². The zero-order valence-electron chi connectivity index (χ0n) is 20.3. The number of piperazine rings is 1. The third kappa shape index (κ3) is 5.18. The van der Waals surface area contributed by atoms with E-state index in [2.05, 4.69) is 20.5 Å². The average molecular weight is 485 g/mol. The third-order valence-electron chi connectivity index (χ3n) is 5.31. The number of esters is 1. The second-order valence-corrected chi connectivity index (χ2v) is 9.08. The summed E-state index contributed by atoms with van der Waals surface area (Å²) in [7, 11) is 2.88. The Morgan fingerprint density at radius 2 is 1.83 bits per heavy atom. The first-order valence-corrected chi connectivity index (χ1v) is 11.1. The van der Waals surface area contributed by atoms with Gasteiger partial charge < -0.3 is 24.6 Å². The Hall–Kier alpha value is -4.16. The summed E-state index contributed by atoms with van der Waals surface area (Å²) in [6, 6.07) is 1.81. The summed E-state index contributed by atoms with van der Waals surface area (Å²) in [5, 5.41) is 10.9. The average Bonchev–Trinajstić information content (AvgIpc) is 3.40. The molecule has 1 aliphatic heterocycles. The Morgan fingerprint density at radius 3 is 2.49 bits per heavy atom. The molecular weight excluding hydrogens is 456 g/mol. The molecule has 13 nitrogen and oxygen atoms in total. The number of aromatic nitrogens is 5. The number of amides is 2. The molecule has 3 aromatic rings. The zero-order chi connectivity index (χ0) is 25.3. The van der Waals surface area contributed by atoms with Gasteiger partial charge in [-0.1, -0.05) is 0 Å². The van der Waals surface area contributed by atoms with Gasteiger partial charge in [-0.05, 0) is 26.8 Å². The predicted octanol–water partition coefficient (Wildman–Crippen LogP) is 1.56. The van der Waals surface area contributed by atoms with E-state index in [0.717, 1.165) is 0 Å². The van der Waals surface area contributed by atoms with Gasteiger partial charge in [-0.3, -0.25) is 9.48 Å². The molecule has 1 saturated heterocycles. The summed E-state index contributed by atoms with van der Waals surface area (Å²) in [6.45, 7) is 7.63. The molecule has 0 bridgehead atoms. The number of fused-ring (bicyclic) bond motifs is 1. The summed E-state index contributed by atoms with van der Waals surface area (Å²) < 4.78 is 13.1. The van der Waals surface area contributed by atoms with E-state index >= 15 is 0 Å². The molecule has 0 spiro atoms. The number of aryl methyl sites for hydroxylation is 1. The summed E-state index contributed by atoms with van der Waals surface area (Å²) in [5.74, 6) is -0.489. The Balaban J connectivity index is 1.50. The van der Waals surface area contributed by atoms with Crippen LogP contribution in [0.2, 0.25) is 0 Å². The second kappa shape index (κ2) is 9.24. The molecule has 0 aliphatic carbocycles. The van der Waals surface area contributed by atoms with Crippen molar-refractivity contribution in [2.75, 3.05) is 43.5 Å². The number of hydrogen-bond donors (Lipinski definition) is 1. The normalized spacial score (nSPS) is 14.2. The van der Waals surface area contributed by atoms with E-state index in [1.54, 1.807) is 24.2 Å². The summed E-state index contributed by atoms with van der Waals surface area (Å²) in [4.78, 5) is 45.7. The minimum Gasteiger partial charge on any atom is -0.464 e. The lowest BCUT2D eigenvalue weighted by Gasteiger charge is -2.36. The SMILES string of the molecule is COC(=O)c1nn(C)cc1NC(=O)c1cnn2ccc(N3CCN(C(=O)OC(C)(C)C)CC3)nc12. The van der Waals surface area contributed by atoms with Crippen molar-refractivity contribution in [3.63, 3.8) is 0 Å². The fourth-order valence-corrected chi connectivity index (χ4v) is 3.66. The first-order chi connectivity index (χ1) is 16.6. The van der Waals surface area contributed by atoms with Gasteiger partial charge in [0.25, 0.3) is 5.91 Å². The largest absolute Gasteiger partial charge is 0.464 e. The minimum atomic E-state index is -0.660. The van der Waals surface area contributed by atoms with Crippen molar-refractivity contribution in [3.8, 4) is 0 Å². The third-order valence-corrected chi connectivity index (χ3v) is 5.31. The maximum Gasteiger partial charge on any atom is 0.410 e. The van der Waals surface area contributed by atoms with Gasteiger partial charge in [-0.2, -0.15) is 10.2 Å². The summed E-state index contributed by atoms with van der Waals surface area (Å²) >= 11 is 0. The number of ether oxygens (including phenoxy) is 2. The number of nitrogens with one attached hydrogen (secondary N) is 1. The lowest BCUT2D eigenvalue weighted by molar-refractivity contribution is 0.0240. The Bertz CT molecular complexity index is 1270. The molecule has 0 radical (unpaired) electrons. The van der Waals surface area contributed by atoms with Gasteiger partial charge in [0.15, 0.2) is 11.3 Å². The number of carbonyl (C=O) groups excluding carboxylic acids is 3. The highest BCUT2D eigenvalue weighted by Crippen LogP contribution is 2.20. The molecule has 1 aliphatic rings. The zero-order valence-corrected chi connectivity index (χ0v) is 20.3. The van der Waals surface area contributed by atoms with Crippen LogP contribution in [0.15, 0.2) is 24.7 Å². The van der Waals surface area contributed by atoms with E-state index in [1.807, 2.05) is 25.7 Å². The summed E-state index contributed by atoms with van der Waals surface area (Å²) in [5.41, 5.74) is 0.263. The minimum absolute atomic E-state index is 0.00340. The van der Waals surface area contributed by atoms with Crippen LogP contribution in [-0.4, -0.2) is 86.1 Å². The van der Waals surface area contributed by atoms with Crippen LogP contribution in [0.25, 0.3) is 5.65 Å². The van der Waals surface area contributed by atoms with E-state index in [1.165, 1.54) is 28.7 Å². The standard InChI is InChI=1S/C22H28N8O5/c1-22(2,3)35-21(33)29-10-8-28(9-11-29)16-6-7-30-18(25-16)14(12-23-30)19(31)24-15-13-27(4)26-17(15)20(32)34-5/h6-7,12-13H,8-11H2,1-5H3,(H,24,31). The van der Waals surface area contributed by atoms with E-state index in [9.17, 15) is 14.4 Å². The van der Waals surface area contributed by atoms with Crippen molar-refractivity contribution in [1.29, 1.82) is 0 Å². The van der Waals surface area contributed by atoms with Gasteiger partial charge >= 0.3 is 12.1 Å². The van der Waals surface area contributed by atoms with Crippen molar-refractivity contribution < 1.29 is 23.9 Å². The maximum absolute atomic E-state index is 13.0. The molecule has 1 N–H and O–H groups in total. The number of anilines is 2. The number of methoxy groups -OCH3 is 1. The van der Waals surface area contributed by atoms with Crippen LogP contribution < -0.4 is 10.2 Å². The van der Waals surface area contributed by atoms with E-state index in [4.69, 9.17) is 9.47 Å². The first-order valence-electron chi connectivity index (χ1n) is 11.1. The Kier molecular flexibility index (Phi) is 6.33. The van der Waals surface area contributed by atoms with Crippen LogP contribution in [0.4, 0.5) is 16.3 Å². The van der Waals surface area contributed by atoms with Gasteiger partial charge in [0.2, 0.25) is 0 Å². The van der Waals surface area contributed by atoms with Crippen LogP contribution in [0.1, 0.15) is 41.6 Å². The van der Waals surface area contributed by atoms with E-state index in [0.29, 0.717) is 37.6 Å². The number of nitrogens with zero attached hydrogens (tertiary/aromatic N) is 7. The van der Waals surface area contributed by atoms with Gasteiger partial charge in [0, 0.05) is 45.6 Å². The Labute approximate surface area is 201 Å². The molecule has 0 atom stereocenters. The predicted molar refractivity (Wildman–Crippen MR) is 126 cm³/mol. The summed E-state index contributed by atoms with van der Waals surface area (Å²) in [6.07, 6.45) is 4.31. The highest BCUT2D eigenvalue weighted by molar-refractivity contribution is 6.10. The molecule has 0 aromatic carbocycles. The quantitative estimate of drug-likeness (QED) is 0.547. The van der Waals surface area contributed by atoms with Crippen LogP contribution in [0, 0.1) is 0 Å². The van der Waals surface area contributed by atoms with Crippen molar-refractivity contribution in [2.24, 2.45) is 7.05 Å². The van der Waals surface area contributed by atoms with E-state index in [-0.39, 0.29) is 23.0 Å². The highest BCUT2D eigenvalue weighted by Gasteiger charge is 2.27. The molecule has 35 heavy (non-hydrogen) atoms. The number of rotatable bonds is 4. The highest BCUT2D eigenvalue weighted by atomic mass is 16.6. The smallest absolute Gasteiger partial charge is 0.410 e. The molecule has 186 valence electrons. The topological polar surface area (TPSA) is 136 Å². The molecule has 4 heterocycles. The fourth-order valence-electron chi connectivity index (χ4n) is 3.66. The number of carbonyl (C=O) groups is 3. The maximum atomic E-state index is 13.0. The molecule has 4 rings (SSSR count). The Morgan fingerprint density at radius 1 is 1.11 bits per heavy atom. The van der Waals surface area contributed by atoms with Gasteiger partial charge in [0.1, 0.15) is 17.0 Å². The van der Waals surface area contributed by atoms with Crippen molar-refractivity contribution in [1.82, 2.24) is 29.3 Å². The first kappa shape index (κ1) is 24.0. The molecule has 1 fully saturated rings. The molecule has 2 amide bonds. The molecular formula is C22H28N8O5.